The molecule has 8 nitrogen and oxygen atoms in total. The van der Waals surface area contributed by atoms with E-state index < -0.39 is 15.8 Å². The number of esters is 1. The van der Waals surface area contributed by atoms with Crippen LogP contribution in [0.15, 0.2) is 30.9 Å². The van der Waals surface area contributed by atoms with Crippen LogP contribution in [0.3, 0.4) is 0 Å². The zero-order chi connectivity index (χ0) is 14.4. The number of rotatable bonds is 6. The van der Waals surface area contributed by atoms with Gasteiger partial charge in [0, 0.05) is 24.1 Å². The quantitative estimate of drug-likeness (QED) is 0.335. The Balaban J connectivity index is 2.88. The Labute approximate surface area is 107 Å². The van der Waals surface area contributed by atoms with E-state index in [2.05, 4.69) is 6.58 Å². The lowest BCUT2D eigenvalue weighted by Crippen LogP contribution is -2.06. The van der Waals surface area contributed by atoms with Crippen molar-refractivity contribution < 1.29 is 19.4 Å². The molecule has 0 radical (unpaired) electrons. The standard InChI is InChI=1S/C11H10N2O6/c1-2-11(14)19-6-5-8-3-4-9(12(15)16)7-10(8)13(17)18/h2-4,7H,1,5-6H2. The van der Waals surface area contributed by atoms with Gasteiger partial charge in [-0.25, -0.2) is 4.79 Å². The van der Waals surface area contributed by atoms with E-state index in [4.69, 9.17) is 4.74 Å². The molecule has 0 aliphatic heterocycles. The minimum Gasteiger partial charge on any atom is -0.462 e. The number of hydrogen-bond acceptors (Lipinski definition) is 6. The van der Waals surface area contributed by atoms with Crippen molar-refractivity contribution in [2.24, 2.45) is 0 Å². The Morgan fingerprint density at radius 2 is 2.00 bits per heavy atom. The maximum absolute atomic E-state index is 10.8. The van der Waals surface area contributed by atoms with Crippen LogP contribution in [0.1, 0.15) is 5.56 Å². The summed E-state index contributed by atoms with van der Waals surface area (Å²) in [6.07, 6.45) is 1.07. The van der Waals surface area contributed by atoms with Crippen molar-refractivity contribution in [2.45, 2.75) is 6.42 Å². The Hall–Kier alpha value is -2.77. The second kappa shape index (κ2) is 6.24. The molecule has 0 aliphatic carbocycles. The van der Waals surface area contributed by atoms with Gasteiger partial charge in [0.1, 0.15) is 0 Å². The summed E-state index contributed by atoms with van der Waals surface area (Å²) in [5, 5.41) is 21.3. The molecule has 0 spiro atoms. The van der Waals surface area contributed by atoms with E-state index in [0.29, 0.717) is 0 Å². The maximum Gasteiger partial charge on any atom is 0.330 e. The van der Waals surface area contributed by atoms with Crippen LogP contribution >= 0.6 is 0 Å². The highest BCUT2D eigenvalue weighted by atomic mass is 16.6. The van der Waals surface area contributed by atoms with Gasteiger partial charge in [-0.2, -0.15) is 0 Å². The number of nitrogens with zero attached hydrogens (tertiary/aromatic N) is 2. The lowest BCUT2D eigenvalue weighted by Gasteiger charge is -2.03. The van der Waals surface area contributed by atoms with Crippen LogP contribution in [0.5, 0.6) is 0 Å². The molecular weight excluding hydrogens is 256 g/mol. The van der Waals surface area contributed by atoms with Crippen molar-refractivity contribution in [3.05, 3.63) is 56.6 Å². The minimum absolute atomic E-state index is 0.0660. The van der Waals surface area contributed by atoms with Gasteiger partial charge in [0.05, 0.1) is 22.5 Å². The average Bonchev–Trinajstić information content (AvgIpc) is 2.38. The molecular formula is C11H10N2O6. The number of carbonyl (C=O) groups is 1. The molecule has 0 aromatic heterocycles. The molecule has 1 rings (SSSR count). The largest absolute Gasteiger partial charge is 0.462 e. The van der Waals surface area contributed by atoms with Gasteiger partial charge in [-0.3, -0.25) is 20.2 Å². The number of ether oxygens (including phenoxy) is 1. The van der Waals surface area contributed by atoms with Gasteiger partial charge >= 0.3 is 5.97 Å². The molecule has 8 heteroatoms. The summed E-state index contributed by atoms with van der Waals surface area (Å²) in [6.45, 7) is 3.14. The van der Waals surface area contributed by atoms with E-state index in [0.717, 1.165) is 18.2 Å². The topological polar surface area (TPSA) is 113 Å². The number of nitro benzene ring substituents is 2. The van der Waals surface area contributed by atoms with E-state index in [1.165, 1.54) is 6.07 Å². The zero-order valence-electron chi connectivity index (χ0n) is 9.77. The van der Waals surface area contributed by atoms with Crippen molar-refractivity contribution >= 4 is 17.3 Å². The fourth-order valence-corrected chi connectivity index (χ4v) is 1.37. The third-order valence-corrected chi connectivity index (χ3v) is 2.26. The Morgan fingerprint density at radius 1 is 1.32 bits per heavy atom. The minimum atomic E-state index is -0.714. The van der Waals surface area contributed by atoms with E-state index >= 15 is 0 Å². The predicted molar refractivity (Wildman–Crippen MR) is 64.6 cm³/mol. The first-order chi connectivity index (χ1) is 8.95. The molecule has 0 fully saturated rings. The van der Waals surface area contributed by atoms with Crippen LogP contribution < -0.4 is 0 Å². The molecule has 0 saturated heterocycles. The fourth-order valence-electron chi connectivity index (χ4n) is 1.37. The maximum atomic E-state index is 10.8. The number of benzene rings is 1. The van der Waals surface area contributed by atoms with Crippen LogP contribution in [0.2, 0.25) is 0 Å². The molecule has 1 aromatic carbocycles. The summed E-state index contributed by atoms with van der Waals surface area (Å²) in [5.41, 5.74) is -0.477. The van der Waals surface area contributed by atoms with Gasteiger partial charge in [0.2, 0.25) is 0 Å². The third kappa shape index (κ3) is 3.87. The molecule has 0 heterocycles. The van der Waals surface area contributed by atoms with Crippen LogP contribution in [0.4, 0.5) is 11.4 Å². The lowest BCUT2D eigenvalue weighted by atomic mass is 10.1. The van der Waals surface area contributed by atoms with E-state index in [-0.39, 0.29) is 30.0 Å². The van der Waals surface area contributed by atoms with E-state index in [1.807, 2.05) is 0 Å². The fraction of sp³-hybridized carbons (Fsp3) is 0.182. The van der Waals surface area contributed by atoms with Gasteiger partial charge in [0.25, 0.3) is 11.4 Å². The molecule has 0 amide bonds. The molecule has 100 valence electrons. The highest BCUT2D eigenvalue weighted by molar-refractivity contribution is 5.81. The molecule has 0 atom stereocenters. The summed E-state index contributed by atoms with van der Waals surface area (Å²) in [6, 6.07) is 3.32. The summed E-state index contributed by atoms with van der Waals surface area (Å²) in [7, 11) is 0. The van der Waals surface area contributed by atoms with Crippen LogP contribution in [-0.2, 0) is 16.0 Å². The van der Waals surface area contributed by atoms with Gasteiger partial charge < -0.3 is 4.74 Å². The molecule has 0 saturated carbocycles. The second-order valence-electron chi connectivity index (χ2n) is 3.45. The second-order valence-corrected chi connectivity index (χ2v) is 3.45. The summed E-state index contributed by atoms with van der Waals surface area (Å²) in [4.78, 5) is 30.7. The molecule has 0 unspecified atom stereocenters. The molecule has 0 bridgehead atoms. The normalized spacial score (nSPS) is 9.68. The monoisotopic (exact) mass is 266 g/mol. The van der Waals surface area contributed by atoms with Crippen molar-refractivity contribution in [3.8, 4) is 0 Å². The average molecular weight is 266 g/mol. The van der Waals surface area contributed by atoms with Gasteiger partial charge in [-0.05, 0) is 6.07 Å². The van der Waals surface area contributed by atoms with Crippen molar-refractivity contribution in [3.63, 3.8) is 0 Å². The Kier molecular flexibility index (Phi) is 4.69. The predicted octanol–water partition coefficient (Wildman–Crippen LogP) is 1.77. The van der Waals surface area contributed by atoms with E-state index in [1.54, 1.807) is 0 Å². The molecule has 19 heavy (non-hydrogen) atoms. The summed E-state index contributed by atoms with van der Waals surface area (Å²) < 4.78 is 4.69. The van der Waals surface area contributed by atoms with Gasteiger partial charge in [-0.1, -0.05) is 6.58 Å². The summed E-state index contributed by atoms with van der Waals surface area (Å²) in [5.74, 6) is -0.635. The summed E-state index contributed by atoms with van der Waals surface area (Å²) >= 11 is 0. The number of nitro groups is 2. The van der Waals surface area contributed by atoms with E-state index in [9.17, 15) is 25.0 Å². The number of hydrogen-bond donors (Lipinski definition) is 0. The SMILES string of the molecule is C=CC(=O)OCCc1ccc([N+](=O)[O-])cc1[N+](=O)[O-]. The zero-order valence-corrected chi connectivity index (χ0v) is 9.77. The molecule has 1 aromatic rings. The Bertz CT molecular complexity index is 540. The first kappa shape index (κ1) is 14.3. The van der Waals surface area contributed by atoms with Gasteiger partial charge in [0.15, 0.2) is 0 Å². The number of carbonyl (C=O) groups excluding carboxylic acids is 1. The van der Waals surface area contributed by atoms with Gasteiger partial charge in [-0.15, -0.1) is 0 Å². The van der Waals surface area contributed by atoms with Crippen molar-refractivity contribution in [2.75, 3.05) is 6.61 Å². The highest BCUT2D eigenvalue weighted by Crippen LogP contribution is 2.24. The smallest absolute Gasteiger partial charge is 0.330 e. The molecule has 0 aliphatic rings. The van der Waals surface area contributed by atoms with Crippen LogP contribution in [0, 0.1) is 20.2 Å². The van der Waals surface area contributed by atoms with Crippen LogP contribution in [-0.4, -0.2) is 22.4 Å². The molecule has 0 N–H and O–H groups in total. The lowest BCUT2D eigenvalue weighted by molar-refractivity contribution is -0.394. The number of non-ortho nitro benzene ring substituents is 1. The van der Waals surface area contributed by atoms with Crippen LogP contribution in [0.25, 0.3) is 0 Å². The highest BCUT2D eigenvalue weighted by Gasteiger charge is 2.19. The van der Waals surface area contributed by atoms with Crippen molar-refractivity contribution in [1.82, 2.24) is 0 Å². The first-order valence-corrected chi connectivity index (χ1v) is 5.16. The first-order valence-electron chi connectivity index (χ1n) is 5.16. The third-order valence-electron chi connectivity index (χ3n) is 2.26. The Morgan fingerprint density at radius 3 is 2.53 bits per heavy atom. The van der Waals surface area contributed by atoms with Crippen molar-refractivity contribution in [1.29, 1.82) is 0 Å².